The topological polar surface area (TPSA) is 17.1 Å². The van der Waals surface area contributed by atoms with E-state index in [4.69, 9.17) is 0 Å². The van der Waals surface area contributed by atoms with Gasteiger partial charge in [0.15, 0.2) is 5.78 Å². The fourth-order valence-electron chi connectivity index (χ4n) is 3.77. The fraction of sp³-hybridized carbons (Fsp3) is 0.107. The van der Waals surface area contributed by atoms with E-state index in [2.05, 4.69) is 79.7 Å². The lowest BCUT2D eigenvalue weighted by Crippen LogP contribution is -2.40. The number of carbonyl (C=O) groups is 1. The molecule has 0 radical (unpaired) electrons. The predicted octanol–water partition coefficient (Wildman–Crippen LogP) is 5.64. The van der Waals surface area contributed by atoms with Crippen LogP contribution in [0.25, 0.3) is 0 Å². The molecule has 0 aliphatic rings. The molecule has 2 heteroatoms. The molecular formula is C28H28OP+. The normalized spacial score (nSPS) is 11.7. The average molecular weight is 412 g/mol. The second kappa shape index (κ2) is 10.7. The monoisotopic (exact) mass is 411 g/mol. The smallest absolute Gasteiger partial charge is 0.170 e. The first kappa shape index (κ1) is 21.7. The van der Waals surface area contributed by atoms with Crippen LogP contribution in [-0.4, -0.2) is 11.4 Å². The zero-order chi connectivity index (χ0) is 21.2. The zero-order valence-corrected chi connectivity index (χ0v) is 18.5. The maximum Gasteiger partial charge on any atom is 0.170 e. The van der Waals surface area contributed by atoms with E-state index in [1.807, 2.05) is 54.6 Å². The highest BCUT2D eigenvalue weighted by Crippen LogP contribution is 2.59. The number of ketones is 1. The summed E-state index contributed by atoms with van der Waals surface area (Å²) in [7, 11) is -2.05. The average Bonchev–Trinajstić information content (AvgIpc) is 2.83. The Morgan fingerprint density at radius 1 is 0.533 bits per heavy atom. The molecule has 0 aromatic heterocycles. The first-order chi connectivity index (χ1) is 14.7. The molecule has 30 heavy (non-hydrogen) atoms. The second-order valence-corrected chi connectivity index (χ2v) is 10.9. The minimum absolute atomic E-state index is 0.0651. The molecule has 0 aliphatic heterocycles. The first-order valence-corrected chi connectivity index (χ1v) is 12.1. The summed E-state index contributed by atoms with van der Waals surface area (Å²) in [6.07, 6.45) is 0. The number of hydrogen-bond acceptors (Lipinski definition) is 1. The highest BCUT2D eigenvalue weighted by Gasteiger charge is 2.52. The van der Waals surface area contributed by atoms with Crippen LogP contribution in [-0.2, 0) is 4.79 Å². The summed E-state index contributed by atoms with van der Waals surface area (Å²) >= 11 is 0. The van der Waals surface area contributed by atoms with Crippen LogP contribution < -0.4 is 15.9 Å². The molecule has 0 fully saturated rings. The fourth-order valence-corrected chi connectivity index (χ4v) is 8.47. The summed E-state index contributed by atoms with van der Waals surface area (Å²) in [4.78, 5) is 12.5. The van der Waals surface area contributed by atoms with Crippen LogP contribution in [0.2, 0.25) is 0 Å². The molecular weight excluding hydrogens is 383 g/mol. The maximum atomic E-state index is 12.5. The minimum atomic E-state index is -2.05. The Hall–Kier alpha value is -3.02. The number of benzene rings is 4. The van der Waals surface area contributed by atoms with E-state index in [1.54, 1.807) is 6.92 Å². The van der Waals surface area contributed by atoms with Gasteiger partial charge in [0.1, 0.15) is 28.8 Å². The number of rotatable bonds is 5. The van der Waals surface area contributed by atoms with E-state index in [-0.39, 0.29) is 11.4 Å². The highest BCUT2D eigenvalue weighted by atomic mass is 31.2. The molecule has 0 aliphatic carbocycles. The van der Waals surface area contributed by atoms with Gasteiger partial charge in [0, 0.05) is 0 Å². The van der Waals surface area contributed by atoms with E-state index in [9.17, 15) is 4.79 Å². The number of hydrogen-bond donors (Lipinski definition) is 0. The largest absolute Gasteiger partial charge is 0.296 e. The van der Waals surface area contributed by atoms with Crippen LogP contribution >= 0.6 is 7.26 Å². The van der Waals surface area contributed by atoms with Gasteiger partial charge in [-0.05, 0) is 50.2 Å². The minimum Gasteiger partial charge on any atom is -0.296 e. The third-order valence-corrected chi connectivity index (χ3v) is 10.2. The van der Waals surface area contributed by atoms with Crippen molar-refractivity contribution in [1.82, 2.24) is 0 Å². The summed E-state index contributed by atoms with van der Waals surface area (Å²) in [5.41, 5.74) is -0.0651. The quantitative estimate of drug-likeness (QED) is 0.388. The summed E-state index contributed by atoms with van der Waals surface area (Å²) in [5, 5.41) is 3.76. The van der Waals surface area contributed by atoms with Crippen molar-refractivity contribution in [2.45, 2.75) is 19.5 Å². The van der Waals surface area contributed by atoms with Gasteiger partial charge in [-0.2, -0.15) is 0 Å². The van der Waals surface area contributed by atoms with E-state index in [0.29, 0.717) is 0 Å². The molecule has 150 valence electrons. The lowest BCUT2D eigenvalue weighted by molar-refractivity contribution is -0.116. The molecule has 1 atom stereocenters. The molecule has 0 heterocycles. The van der Waals surface area contributed by atoms with Crippen molar-refractivity contribution in [2.75, 3.05) is 0 Å². The third kappa shape index (κ3) is 4.75. The number of Topliss-reactive ketones (excluding diaryl/α,β-unsaturated/α-hetero) is 1. The third-order valence-electron chi connectivity index (χ3n) is 5.33. The van der Waals surface area contributed by atoms with Crippen molar-refractivity contribution >= 4 is 29.0 Å². The molecule has 0 saturated heterocycles. The lowest BCUT2D eigenvalue weighted by Gasteiger charge is -2.31. The van der Waals surface area contributed by atoms with Crippen LogP contribution in [0.3, 0.4) is 0 Å². The molecule has 1 unspecified atom stereocenters. The Morgan fingerprint density at radius 3 is 1.00 bits per heavy atom. The second-order valence-electron chi connectivity index (χ2n) is 7.17. The Morgan fingerprint density at radius 2 is 0.767 bits per heavy atom. The van der Waals surface area contributed by atoms with Crippen LogP contribution in [0.4, 0.5) is 0 Å². The molecule has 0 N–H and O–H groups in total. The van der Waals surface area contributed by atoms with Gasteiger partial charge in [0.05, 0.1) is 0 Å². The molecule has 4 aromatic carbocycles. The van der Waals surface area contributed by atoms with Crippen molar-refractivity contribution in [1.29, 1.82) is 0 Å². The Bertz CT molecular complexity index is 892. The summed E-state index contributed by atoms with van der Waals surface area (Å²) in [6, 6.07) is 43.6. The van der Waals surface area contributed by atoms with Crippen molar-refractivity contribution < 1.29 is 4.79 Å². The van der Waals surface area contributed by atoms with E-state index in [1.165, 1.54) is 15.9 Å². The van der Waals surface area contributed by atoms with Gasteiger partial charge in [0.25, 0.3) is 0 Å². The zero-order valence-electron chi connectivity index (χ0n) is 17.6. The van der Waals surface area contributed by atoms with Crippen LogP contribution in [0.5, 0.6) is 0 Å². The Kier molecular flexibility index (Phi) is 7.71. The number of carbonyl (C=O) groups excluding carboxylic acids is 1. The van der Waals surface area contributed by atoms with Crippen molar-refractivity contribution in [3.63, 3.8) is 0 Å². The molecule has 4 rings (SSSR count). The highest BCUT2D eigenvalue weighted by molar-refractivity contribution is 7.96. The maximum absolute atomic E-state index is 12.5. The van der Waals surface area contributed by atoms with Crippen molar-refractivity contribution in [3.8, 4) is 0 Å². The van der Waals surface area contributed by atoms with Crippen LogP contribution in [0.15, 0.2) is 127 Å². The van der Waals surface area contributed by atoms with Gasteiger partial charge >= 0.3 is 0 Å². The van der Waals surface area contributed by atoms with Gasteiger partial charge in [-0.15, -0.1) is 0 Å². The molecule has 0 saturated carbocycles. The Labute approximate surface area is 180 Å². The summed E-state index contributed by atoms with van der Waals surface area (Å²) < 4.78 is 0. The molecule has 0 amide bonds. The molecule has 0 bridgehead atoms. The van der Waals surface area contributed by atoms with E-state index in [0.717, 1.165) is 0 Å². The Balaban J connectivity index is 0.000000367. The van der Waals surface area contributed by atoms with Gasteiger partial charge < -0.3 is 0 Å². The van der Waals surface area contributed by atoms with Gasteiger partial charge in [0.2, 0.25) is 0 Å². The van der Waals surface area contributed by atoms with Crippen molar-refractivity contribution in [2.24, 2.45) is 0 Å². The van der Waals surface area contributed by atoms with E-state index >= 15 is 0 Å². The lowest BCUT2D eigenvalue weighted by atomic mass is 10.3. The SMILES string of the molecule is CC(=O)C(C)[P+](c1ccccc1)(c1ccccc1)c1ccccc1.c1ccccc1. The first-order valence-electron chi connectivity index (χ1n) is 10.2. The van der Waals surface area contributed by atoms with Gasteiger partial charge in [-0.25, -0.2) is 0 Å². The molecule has 1 nitrogen and oxygen atoms in total. The van der Waals surface area contributed by atoms with E-state index < -0.39 is 7.26 Å². The van der Waals surface area contributed by atoms with Crippen LogP contribution in [0, 0.1) is 0 Å². The van der Waals surface area contributed by atoms with Crippen LogP contribution in [0.1, 0.15) is 13.8 Å². The summed E-state index contributed by atoms with van der Waals surface area (Å²) in [5.74, 6) is 0.236. The van der Waals surface area contributed by atoms with Crippen molar-refractivity contribution in [3.05, 3.63) is 127 Å². The molecule has 4 aromatic rings. The standard InChI is InChI=1S/C22H22OP.C6H6/c1-18(23)19(2)24(20-12-6-3-7-13-20,21-14-8-4-9-15-21)22-16-10-5-11-17-22;1-2-4-6-5-3-1/h3-17,19H,1-2H3;1-6H/q+1;. The van der Waals surface area contributed by atoms with Gasteiger partial charge in [-0.1, -0.05) is 91.0 Å². The predicted molar refractivity (Wildman–Crippen MR) is 132 cm³/mol. The van der Waals surface area contributed by atoms with Gasteiger partial charge in [-0.3, -0.25) is 4.79 Å². The molecule has 0 spiro atoms. The summed E-state index contributed by atoms with van der Waals surface area (Å²) in [6.45, 7) is 3.80.